The topological polar surface area (TPSA) is 23.8 Å². The number of thiophene rings is 1. The largest absolute Gasteiger partial charge is 0.519 e. The Balaban J connectivity index is 3.01. The van der Waals surface area contributed by atoms with Crippen LogP contribution in [0.2, 0.25) is 0 Å². The van der Waals surface area contributed by atoms with E-state index in [1.807, 2.05) is 0 Å². The normalized spacial score (nSPS) is 11.1. The zero-order valence-corrected chi connectivity index (χ0v) is 6.04. The van der Waals surface area contributed by atoms with Gasteiger partial charge in [-0.1, -0.05) is 10.8 Å². The van der Waals surface area contributed by atoms with Gasteiger partial charge < -0.3 is 12.9 Å². The van der Waals surface area contributed by atoms with E-state index in [-0.39, 0.29) is 5.56 Å². The minimum Gasteiger partial charge on any atom is -0.444 e. The molecule has 1 aromatic heterocycles. The molecule has 1 aromatic rings. The maximum absolute atomic E-state index is 11.9. The van der Waals surface area contributed by atoms with Crippen LogP contribution in [0.25, 0.3) is 0 Å². The van der Waals surface area contributed by atoms with Crippen molar-refractivity contribution in [3.63, 3.8) is 0 Å². The summed E-state index contributed by atoms with van der Waals surface area (Å²) >= 11 is 0.561. The molecule has 0 bridgehead atoms. The predicted octanol–water partition coefficient (Wildman–Crippen LogP) is 1.67. The van der Waals surface area contributed by atoms with Gasteiger partial charge in [0.1, 0.15) is 0 Å². The average molecular weight is 176 g/mol. The summed E-state index contributed by atoms with van der Waals surface area (Å²) in [6.45, 7) is -4.92. The summed E-state index contributed by atoms with van der Waals surface area (Å²) in [4.78, 5) is 0. The lowest BCUT2D eigenvalue weighted by atomic mass is 9.89. The van der Waals surface area contributed by atoms with Crippen molar-refractivity contribution in [2.45, 2.75) is 0 Å². The third kappa shape index (κ3) is 1.74. The molecule has 1 heterocycles. The number of rotatable bonds is 1. The Hall–Kier alpha value is -0.955. The molecule has 0 saturated carbocycles. The first-order valence-electron chi connectivity index (χ1n) is 2.72. The minimum absolute atomic E-state index is 0.0733. The van der Waals surface area contributed by atoms with Gasteiger partial charge in [0, 0.05) is 5.38 Å². The van der Waals surface area contributed by atoms with Gasteiger partial charge in [0.25, 0.3) is 0 Å². The quantitative estimate of drug-likeness (QED) is 0.597. The zero-order valence-electron chi connectivity index (χ0n) is 5.22. The first kappa shape index (κ1) is 8.14. The van der Waals surface area contributed by atoms with E-state index in [0.29, 0.717) is 11.3 Å². The van der Waals surface area contributed by atoms with Gasteiger partial charge in [0.05, 0.1) is 11.6 Å². The first-order valence-corrected chi connectivity index (χ1v) is 3.60. The molecule has 11 heavy (non-hydrogen) atoms. The van der Waals surface area contributed by atoms with Gasteiger partial charge in [-0.3, -0.25) is 0 Å². The molecule has 0 N–H and O–H groups in total. The van der Waals surface area contributed by atoms with E-state index >= 15 is 0 Å². The van der Waals surface area contributed by atoms with Crippen molar-refractivity contribution in [3.8, 4) is 6.07 Å². The number of hydrogen-bond donors (Lipinski definition) is 0. The highest BCUT2D eigenvalue weighted by Crippen LogP contribution is 2.14. The van der Waals surface area contributed by atoms with Gasteiger partial charge in [0.15, 0.2) is 0 Å². The van der Waals surface area contributed by atoms with Gasteiger partial charge in [0.2, 0.25) is 0 Å². The van der Waals surface area contributed by atoms with E-state index in [0.717, 1.165) is 6.07 Å². The highest BCUT2D eigenvalue weighted by atomic mass is 32.1. The summed E-state index contributed by atoms with van der Waals surface area (Å²) in [6.07, 6.45) is 0. The summed E-state index contributed by atoms with van der Waals surface area (Å²) in [5.74, 6) is 0. The Labute approximate surface area is 65.1 Å². The molecule has 6 heteroatoms. The first-order chi connectivity index (χ1) is 5.04. The molecule has 0 unspecified atom stereocenters. The number of nitrogens with zero attached hydrogens (tertiary/aromatic N) is 1. The van der Waals surface area contributed by atoms with Crippen LogP contribution >= 0.6 is 11.3 Å². The molecule has 0 amide bonds. The average Bonchev–Trinajstić information content (AvgIpc) is 2.32. The van der Waals surface area contributed by atoms with Crippen LogP contribution in [0, 0.1) is 11.3 Å². The Kier molecular flexibility index (Phi) is 1.91. The Morgan fingerprint density at radius 2 is 2.09 bits per heavy atom. The maximum Gasteiger partial charge on any atom is 0.519 e. The van der Waals surface area contributed by atoms with Crippen molar-refractivity contribution in [2.75, 3.05) is 0 Å². The second kappa shape index (κ2) is 2.59. The number of nitriles is 1. The Morgan fingerprint density at radius 1 is 1.45 bits per heavy atom. The van der Waals surface area contributed by atoms with Crippen LogP contribution in [0.15, 0.2) is 11.4 Å². The van der Waals surface area contributed by atoms with Crippen molar-refractivity contribution in [3.05, 3.63) is 17.0 Å². The van der Waals surface area contributed by atoms with E-state index in [9.17, 15) is 12.9 Å². The van der Waals surface area contributed by atoms with E-state index in [1.165, 1.54) is 5.38 Å². The number of hydrogen-bond acceptors (Lipinski definition) is 2. The highest BCUT2D eigenvalue weighted by Gasteiger charge is 2.27. The van der Waals surface area contributed by atoms with Gasteiger partial charge in [-0.25, -0.2) is 0 Å². The van der Waals surface area contributed by atoms with Gasteiger partial charge in [-0.2, -0.15) is 16.6 Å². The van der Waals surface area contributed by atoms with Crippen LogP contribution in [0.4, 0.5) is 12.9 Å². The van der Waals surface area contributed by atoms with Gasteiger partial charge in [-0.15, -0.1) is 0 Å². The Bertz CT molecular complexity index is 297. The summed E-state index contributed by atoms with van der Waals surface area (Å²) in [5, 5.41) is 9.41. The molecule has 0 saturated heterocycles. The van der Waals surface area contributed by atoms with Crippen molar-refractivity contribution in [2.24, 2.45) is 0 Å². The van der Waals surface area contributed by atoms with Crippen molar-refractivity contribution in [1.82, 2.24) is 0 Å². The van der Waals surface area contributed by atoms with Gasteiger partial charge in [-0.05, 0) is 0 Å². The SMILES string of the molecule is N#Cc1csc([B-](F)(F)F)c1. The molecule has 1 rings (SSSR count). The lowest BCUT2D eigenvalue weighted by molar-refractivity contribution is 0.503. The summed E-state index contributed by atoms with van der Waals surface area (Å²) in [5.41, 5.74) is 0.0733. The third-order valence-electron chi connectivity index (χ3n) is 1.07. The molecule has 0 aliphatic carbocycles. The molecule has 1 nitrogen and oxygen atoms in total. The van der Waals surface area contributed by atoms with Crippen molar-refractivity contribution < 1.29 is 12.9 Å². The molecule has 0 aliphatic rings. The standard InChI is InChI=1S/C5H2BF3NS/c7-6(8,9)5-1-4(2-10)3-11-5/h1,3H/q-1. The van der Waals surface area contributed by atoms with Crippen molar-refractivity contribution in [1.29, 1.82) is 5.26 Å². The van der Waals surface area contributed by atoms with Crippen molar-refractivity contribution >= 4 is 23.1 Å². The second-order valence-electron chi connectivity index (χ2n) is 1.92. The van der Waals surface area contributed by atoms with Crippen LogP contribution in [-0.2, 0) is 0 Å². The summed E-state index contributed by atoms with van der Waals surface area (Å²) in [6, 6.07) is 2.51. The van der Waals surface area contributed by atoms with Crippen LogP contribution in [0.5, 0.6) is 0 Å². The molecule has 0 aromatic carbocycles. The molecule has 0 radical (unpaired) electrons. The molecular weight excluding hydrogens is 174 g/mol. The van der Waals surface area contributed by atoms with Crippen LogP contribution in [0.1, 0.15) is 5.56 Å². The molecule has 0 spiro atoms. The fourth-order valence-electron chi connectivity index (χ4n) is 0.583. The van der Waals surface area contributed by atoms with E-state index in [1.54, 1.807) is 6.07 Å². The Morgan fingerprint density at radius 3 is 2.36 bits per heavy atom. The molecular formula is C5H2BF3NS-. The molecule has 58 valence electrons. The monoisotopic (exact) mass is 176 g/mol. The van der Waals surface area contributed by atoms with Crippen LogP contribution in [-0.4, -0.2) is 6.98 Å². The third-order valence-corrected chi connectivity index (χ3v) is 2.10. The fraction of sp³-hybridized carbons (Fsp3) is 0. The van der Waals surface area contributed by atoms with E-state index < -0.39 is 11.8 Å². The highest BCUT2D eigenvalue weighted by molar-refractivity contribution is 7.22. The molecule has 0 atom stereocenters. The molecule has 0 aliphatic heterocycles. The predicted molar refractivity (Wildman–Crippen MR) is 37.7 cm³/mol. The lowest BCUT2D eigenvalue weighted by Crippen LogP contribution is -2.30. The van der Waals surface area contributed by atoms with E-state index in [2.05, 4.69) is 0 Å². The number of halogens is 3. The maximum atomic E-state index is 11.9. The van der Waals surface area contributed by atoms with E-state index in [4.69, 9.17) is 5.26 Å². The summed E-state index contributed by atoms with van der Waals surface area (Å²) < 4.78 is 35.0. The smallest absolute Gasteiger partial charge is 0.444 e. The lowest BCUT2D eigenvalue weighted by Gasteiger charge is -2.09. The summed E-state index contributed by atoms with van der Waals surface area (Å²) in [7, 11) is 0. The van der Waals surface area contributed by atoms with Gasteiger partial charge >= 0.3 is 6.98 Å². The zero-order chi connectivity index (χ0) is 8.48. The second-order valence-corrected chi connectivity index (χ2v) is 2.87. The minimum atomic E-state index is -4.92. The fourth-order valence-corrected chi connectivity index (χ4v) is 1.32. The van der Waals surface area contributed by atoms with Crippen LogP contribution in [0.3, 0.4) is 0 Å². The van der Waals surface area contributed by atoms with Crippen LogP contribution < -0.4 is 4.78 Å². The molecule has 0 fully saturated rings.